The van der Waals surface area contributed by atoms with Crippen LogP contribution >= 0.6 is 11.6 Å². The first kappa shape index (κ1) is 29.0. The molecule has 7 nitrogen and oxygen atoms in total. The fourth-order valence-corrected chi connectivity index (χ4v) is 4.52. The molecule has 1 aliphatic rings. The van der Waals surface area contributed by atoms with Crippen molar-refractivity contribution in [2.45, 2.75) is 6.18 Å². The highest BCUT2D eigenvalue weighted by molar-refractivity contribution is 6.31. The quantitative estimate of drug-likeness (QED) is 0.309. The van der Waals surface area contributed by atoms with Gasteiger partial charge in [-0.25, -0.2) is 4.79 Å². The Bertz CT molecular complexity index is 1410. The third-order valence-corrected chi connectivity index (χ3v) is 6.88. The number of alkyl halides is 3. The number of allylic oxidation sites excluding steroid dienone is 1. The summed E-state index contributed by atoms with van der Waals surface area (Å²) in [6.07, 6.45) is -2.83. The molecule has 0 radical (unpaired) electrons. The Morgan fingerprint density at radius 3 is 2.25 bits per heavy atom. The molecule has 0 atom stereocenters. The molecule has 210 valence electrons. The number of benzene rings is 3. The number of nitrogens with two attached hydrogens (primary N) is 1. The molecule has 3 aromatic rings. The predicted molar refractivity (Wildman–Crippen MR) is 156 cm³/mol. The second-order valence-corrected chi connectivity index (χ2v) is 9.81. The van der Waals surface area contributed by atoms with Crippen molar-refractivity contribution in [3.63, 3.8) is 0 Å². The summed E-state index contributed by atoms with van der Waals surface area (Å²) in [6.45, 7) is 3.93. The Labute approximate surface area is 236 Å². The van der Waals surface area contributed by atoms with E-state index in [-0.39, 0.29) is 5.69 Å². The van der Waals surface area contributed by atoms with E-state index in [9.17, 15) is 18.0 Å². The molecule has 40 heavy (non-hydrogen) atoms. The number of nitrogens with zero attached hydrogens (tertiary/aromatic N) is 3. The lowest BCUT2D eigenvalue weighted by Gasteiger charge is -2.34. The van der Waals surface area contributed by atoms with Crippen LogP contribution in [0.25, 0.3) is 5.70 Å². The summed E-state index contributed by atoms with van der Waals surface area (Å²) in [5.41, 5.74) is 9.85. The molecule has 0 bridgehead atoms. The van der Waals surface area contributed by atoms with Crippen molar-refractivity contribution in [2.75, 3.05) is 55.8 Å². The van der Waals surface area contributed by atoms with E-state index in [0.29, 0.717) is 17.1 Å². The summed E-state index contributed by atoms with van der Waals surface area (Å²) in [7, 11) is 3.79. The number of carbonyl (C=O) groups is 1. The van der Waals surface area contributed by atoms with Crippen molar-refractivity contribution < 1.29 is 18.0 Å². The van der Waals surface area contributed by atoms with Gasteiger partial charge in [0, 0.05) is 56.0 Å². The lowest BCUT2D eigenvalue weighted by atomic mass is 10.0. The standard InChI is InChI=1S/C29H30ClF3N6O/c1-35-27(18-26(34)20-4-3-5-23(16-20)39-14-12-38(2)13-15-39)19-6-8-21(9-7-19)36-28(40)37-22-10-11-25(30)24(17-22)29(31,32)33/h3-11,16-18H,12-15,34H2,1-2H3,(H2,36,37,40). The van der Waals surface area contributed by atoms with E-state index in [0.717, 1.165) is 55.1 Å². The van der Waals surface area contributed by atoms with Gasteiger partial charge in [-0.2, -0.15) is 13.2 Å². The summed E-state index contributed by atoms with van der Waals surface area (Å²) in [4.78, 5) is 21.4. The number of nitrogens with one attached hydrogen (secondary N) is 2. The van der Waals surface area contributed by atoms with Crippen molar-refractivity contribution in [3.05, 3.63) is 94.5 Å². The van der Waals surface area contributed by atoms with Crippen LogP contribution in [0, 0.1) is 0 Å². The van der Waals surface area contributed by atoms with E-state index in [1.165, 1.54) is 6.07 Å². The highest BCUT2D eigenvalue weighted by atomic mass is 35.5. The molecule has 0 spiro atoms. The monoisotopic (exact) mass is 570 g/mol. The van der Waals surface area contributed by atoms with Gasteiger partial charge >= 0.3 is 12.2 Å². The molecule has 0 aliphatic carbocycles. The molecule has 1 aliphatic heterocycles. The van der Waals surface area contributed by atoms with E-state index in [2.05, 4.69) is 44.6 Å². The maximum Gasteiger partial charge on any atom is 0.417 e. The number of hydrogen-bond acceptors (Lipinski definition) is 5. The number of rotatable bonds is 6. The third kappa shape index (κ3) is 7.34. The van der Waals surface area contributed by atoms with Crippen LogP contribution < -0.4 is 21.3 Å². The topological polar surface area (TPSA) is 86.0 Å². The average molecular weight is 571 g/mol. The zero-order valence-corrected chi connectivity index (χ0v) is 22.9. The van der Waals surface area contributed by atoms with Crippen LogP contribution in [-0.4, -0.2) is 56.9 Å². The van der Waals surface area contributed by atoms with E-state index in [4.69, 9.17) is 17.3 Å². The number of urea groups is 1. The molecule has 11 heteroatoms. The Kier molecular flexibility index (Phi) is 9.01. The summed E-state index contributed by atoms with van der Waals surface area (Å²) in [6, 6.07) is 17.5. The number of amides is 2. The van der Waals surface area contributed by atoms with Gasteiger partial charge in [-0.3, -0.25) is 4.99 Å². The Morgan fingerprint density at radius 2 is 1.60 bits per heavy atom. The van der Waals surface area contributed by atoms with Gasteiger partial charge in [0.1, 0.15) is 0 Å². The summed E-state index contributed by atoms with van der Waals surface area (Å²) in [5, 5.41) is 4.55. The molecule has 3 aromatic carbocycles. The minimum atomic E-state index is -4.63. The number of likely N-dealkylation sites (N-methyl/N-ethyl adjacent to an activating group) is 1. The van der Waals surface area contributed by atoms with E-state index < -0.39 is 22.8 Å². The minimum absolute atomic E-state index is 0.0384. The van der Waals surface area contributed by atoms with Crippen molar-refractivity contribution in [3.8, 4) is 0 Å². The fraction of sp³-hybridized carbons (Fsp3) is 0.241. The van der Waals surface area contributed by atoms with E-state index in [1.54, 1.807) is 37.4 Å². The van der Waals surface area contributed by atoms with Gasteiger partial charge in [0.25, 0.3) is 0 Å². The van der Waals surface area contributed by atoms with Gasteiger partial charge in [0.05, 0.1) is 16.3 Å². The summed E-state index contributed by atoms with van der Waals surface area (Å²) in [5.74, 6) is 0. The van der Waals surface area contributed by atoms with Gasteiger partial charge in [0.2, 0.25) is 0 Å². The minimum Gasteiger partial charge on any atom is -0.398 e. The van der Waals surface area contributed by atoms with Gasteiger partial charge < -0.3 is 26.2 Å². The molecule has 4 rings (SSSR count). The first-order chi connectivity index (χ1) is 19.0. The van der Waals surface area contributed by atoms with Crippen LogP contribution in [0.3, 0.4) is 0 Å². The number of aliphatic imine (C=N–C) groups is 1. The van der Waals surface area contributed by atoms with Crippen molar-refractivity contribution in [1.82, 2.24) is 4.90 Å². The van der Waals surface area contributed by atoms with Crippen LogP contribution in [0.1, 0.15) is 16.7 Å². The molecule has 2 amide bonds. The van der Waals surface area contributed by atoms with Crippen LogP contribution in [-0.2, 0) is 6.18 Å². The largest absolute Gasteiger partial charge is 0.417 e. The van der Waals surface area contributed by atoms with Crippen molar-refractivity contribution in [1.29, 1.82) is 0 Å². The molecule has 1 saturated heterocycles. The molecule has 1 heterocycles. The zero-order chi connectivity index (χ0) is 28.9. The smallest absolute Gasteiger partial charge is 0.398 e. The highest BCUT2D eigenvalue weighted by Crippen LogP contribution is 2.36. The Hall–Kier alpha value is -4.02. The van der Waals surface area contributed by atoms with Gasteiger partial charge in [-0.15, -0.1) is 0 Å². The number of halogens is 4. The maximum absolute atomic E-state index is 13.1. The number of anilines is 3. The lowest BCUT2D eigenvalue weighted by molar-refractivity contribution is -0.137. The third-order valence-electron chi connectivity index (χ3n) is 6.55. The molecule has 4 N–H and O–H groups in total. The Morgan fingerprint density at radius 1 is 0.950 bits per heavy atom. The number of carbonyl (C=O) groups excluding carboxylic acids is 1. The van der Waals surface area contributed by atoms with Crippen molar-refractivity contribution in [2.24, 2.45) is 10.7 Å². The first-order valence-electron chi connectivity index (χ1n) is 12.6. The SMILES string of the molecule is CN=C(C=C(N)c1cccc(N2CCN(C)CC2)c1)c1ccc(NC(=O)Nc2ccc(Cl)c(C(F)(F)F)c2)cc1. The van der Waals surface area contributed by atoms with Crippen LogP contribution in [0.2, 0.25) is 5.02 Å². The zero-order valence-electron chi connectivity index (χ0n) is 22.1. The molecule has 0 saturated carbocycles. The lowest BCUT2D eigenvalue weighted by Crippen LogP contribution is -2.44. The molecule has 0 aromatic heterocycles. The highest BCUT2D eigenvalue weighted by Gasteiger charge is 2.33. The predicted octanol–water partition coefficient (Wildman–Crippen LogP) is 6.17. The molecular formula is C29H30ClF3N6O. The number of hydrogen-bond donors (Lipinski definition) is 3. The number of piperazine rings is 1. The van der Waals surface area contributed by atoms with E-state index >= 15 is 0 Å². The summed E-state index contributed by atoms with van der Waals surface area (Å²) >= 11 is 5.64. The van der Waals surface area contributed by atoms with Gasteiger partial charge in [-0.1, -0.05) is 35.9 Å². The summed E-state index contributed by atoms with van der Waals surface area (Å²) < 4.78 is 39.3. The van der Waals surface area contributed by atoms with E-state index in [1.807, 2.05) is 12.1 Å². The molecular weight excluding hydrogens is 541 g/mol. The van der Waals surface area contributed by atoms with Crippen LogP contribution in [0.15, 0.2) is 77.8 Å². The van der Waals surface area contributed by atoms with Gasteiger partial charge in [-0.05, 0) is 66.7 Å². The Balaban J connectivity index is 1.42. The van der Waals surface area contributed by atoms with Crippen LogP contribution in [0.4, 0.5) is 35.0 Å². The normalized spacial score (nSPS) is 15.2. The fourth-order valence-electron chi connectivity index (χ4n) is 4.29. The van der Waals surface area contributed by atoms with Crippen molar-refractivity contribution >= 4 is 46.1 Å². The maximum atomic E-state index is 13.1. The average Bonchev–Trinajstić information content (AvgIpc) is 2.93. The first-order valence-corrected chi connectivity index (χ1v) is 12.9. The van der Waals surface area contributed by atoms with Crippen LogP contribution in [0.5, 0.6) is 0 Å². The second-order valence-electron chi connectivity index (χ2n) is 9.40. The molecule has 1 fully saturated rings. The van der Waals surface area contributed by atoms with Gasteiger partial charge in [0.15, 0.2) is 0 Å². The molecule has 0 unspecified atom stereocenters. The second kappa shape index (κ2) is 12.4.